The summed E-state index contributed by atoms with van der Waals surface area (Å²) in [6, 6.07) is 4.18. The minimum absolute atomic E-state index is 0.0312. The molecule has 17 heavy (non-hydrogen) atoms. The molecule has 8 heteroatoms. The number of nitrogens with two attached hydrogens (primary N) is 1. The Balaban J connectivity index is 2.86. The van der Waals surface area contributed by atoms with Gasteiger partial charge in [-0.05, 0) is 34.1 Å². The molecule has 96 valence electrons. The van der Waals surface area contributed by atoms with Crippen LogP contribution in [0.4, 0.5) is 5.69 Å². The lowest BCUT2D eigenvalue weighted by Crippen LogP contribution is -2.33. The number of hydrogen-bond donors (Lipinski definition) is 4. The van der Waals surface area contributed by atoms with Gasteiger partial charge in [0.2, 0.25) is 10.0 Å². The molecule has 0 bridgehead atoms. The fraction of sp³-hybridized carbons (Fsp3) is 0.333. The van der Waals surface area contributed by atoms with Crippen LogP contribution in [-0.2, 0) is 10.0 Å². The smallest absolute Gasteiger partial charge is 0.240 e. The maximum absolute atomic E-state index is 11.8. The molecule has 0 saturated heterocycles. The van der Waals surface area contributed by atoms with Crippen LogP contribution < -0.4 is 10.5 Å². The Morgan fingerprint density at radius 2 is 2.12 bits per heavy atom. The molecule has 6 nitrogen and oxygen atoms in total. The summed E-state index contributed by atoms with van der Waals surface area (Å²) in [5.41, 5.74) is 5.97. The fourth-order valence-corrected chi connectivity index (χ4v) is 2.66. The summed E-state index contributed by atoms with van der Waals surface area (Å²) in [5.74, 6) is 0. The van der Waals surface area contributed by atoms with E-state index in [1.54, 1.807) is 0 Å². The van der Waals surface area contributed by atoms with Gasteiger partial charge >= 0.3 is 0 Å². The van der Waals surface area contributed by atoms with E-state index >= 15 is 0 Å². The lowest BCUT2D eigenvalue weighted by molar-refractivity contribution is 0.0988. The fourth-order valence-electron chi connectivity index (χ4n) is 1.03. The number of benzene rings is 1. The summed E-state index contributed by atoms with van der Waals surface area (Å²) in [7, 11) is -3.71. The van der Waals surface area contributed by atoms with Gasteiger partial charge in [0.15, 0.2) is 0 Å². The van der Waals surface area contributed by atoms with E-state index in [2.05, 4.69) is 20.7 Å². The highest BCUT2D eigenvalue weighted by atomic mass is 79.9. The summed E-state index contributed by atoms with van der Waals surface area (Å²) >= 11 is 3.13. The highest BCUT2D eigenvalue weighted by molar-refractivity contribution is 9.10. The van der Waals surface area contributed by atoms with Crippen molar-refractivity contribution in [2.24, 2.45) is 0 Å². The third kappa shape index (κ3) is 3.93. The molecule has 1 unspecified atom stereocenters. The summed E-state index contributed by atoms with van der Waals surface area (Å²) in [4.78, 5) is 0.0312. The van der Waals surface area contributed by atoms with Crippen LogP contribution >= 0.6 is 15.9 Å². The zero-order valence-corrected chi connectivity index (χ0v) is 11.2. The Labute approximate surface area is 108 Å². The molecular weight excluding hydrogens is 312 g/mol. The molecule has 1 aromatic carbocycles. The molecule has 1 aromatic rings. The van der Waals surface area contributed by atoms with E-state index in [9.17, 15) is 8.42 Å². The average Bonchev–Trinajstić information content (AvgIpc) is 2.29. The van der Waals surface area contributed by atoms with Gasteiger partial charge in [0.25, 0.3) is 0 Å². The minimum atomic E-state index is -3.71. The van der Waals surface area contributed by atoms with Gasteiger partial charge in [0, 0.05) is 16.7 Å². The molecule has 5 N–H and O–H groups in total. The van der Waals surface area contributed by atoms with Gasteiger partial charge in [0.05, 0.1) is 17.6 Å². The zero-order chi connectivity index (χ0) is 13.1. The Bertz CT molecular complexity index is 492. The number of aliphatic hydroxyl groups is 2. The van der Waals surface area contributed by atoms with Crippen molar-refractivity contribution in [3.05, 3.63) is 22.7 Å². The minimum Gasteiger partial charge on any atom is -0.398 e. The molecule has 0 heterocycles. The SMILES string of the molecule is Nc1ccc(S(=O)(=O)NCC(O)CO)cc1Br. The molecule has 1 atom stereocenters. The number of halogens is 1. The van der Waals surface area contributed by atoms with Gasteiger partial charge in [-0.25, -0.2) is 13.1 Å². The quantitative estimate of drug-likeness (QED) is 0.554. The third-order valence-electron chi connectivity index (χ3n) is 2.00. The maximum Gasteiger partial charge on any atom is 0.240 e. The van der Waals surface area contributed by atoms with Crippen LogP contribution in [0.25, 0.3) is 0 Å². The van der Waals surface area contributed by atoms with Crippen LogP contribution in [-0.4, -0.2) is 37.9 Å². The van der Waals surface area contributed by atoms with Gasteiger partial charge in [-0.1, -0.05) is 0 Å². The van der Waals surface area contributed by atoms with Crippen LogP contribution in [0.1, 0.15) is 0 Å². The average molecular weight is 325 g/mol. The molecule has 0 spiro atoms. The lowest BCUT2D eigenvalue weighted by Gasteiger charge is -2.10. The van der Waals surface area contributed by atoms with E-state index < -0.39 is 22.7 Å². The van der Waals surface area contributed by atoms with Crippen LogP contribution in [0.15, 0.2) is 27.6 Å². The number of sulfonamides is 1. The third-order valence-corrected chi connectivity index (χ3v) is 4.11. The van der Waals surface area contributed by atoms with Gasteiger partial charge in [-0.15, -0.1) is 0 Å². The number of anilines is 1. The van der Waals surface area contributed by atoms with E-state index in [0.29, 0.717) is 10.2 Å². The van der Waals surface area contributed by atoms with E-state index in [1.807, 2.05) is 0 Å². The molecule has 0 radical (unpaired) electrons. The summed E-state index contributed by atoms with van der Waals surface area (Å²) in [6.07, 6.45) is -1.12. The predicted molar refractivity (Wildman–Crippen MR) is 66.8 cm³/mol. The second-order valence-corrected chi connectivity index (χ2v) is 5.99. The van der Waals surface area contributed by atoms with Crippen molar-refractivity contribution in [1.29, 1.82) is 0 Å². The molecule has 0 aromatic heterocycles. The molecule has 0 saturated carbocycles. The van der Waals surface area contributed by atoms with Crippen LogP contribution in [0.5, 0.6) is 0 Å². The van der Waals surface area contributed by atoms with Crippen molar-refractivity contribution < 1.29 is 18.6 Å². The van der Waals surface area contributed by atoms with Crippen LogP contribution in [0, 0.1) is 0 Å². The lowest BCUT2D eigenvalue weighted by atomic mass is 10.3. The highest BCUT2D eigenvalue weighted by Gasteiger charge is 2.16. The summed E-state index contributed by atoms with van der Waals surface area (Å²) in [6.45, 7) is -0.755. The predicted octanol–water partition coefficient (Wildman–Crippen LogP) is -0.337. The van der Waals surface area contributed by atoms with Crippen molar-refractivity contribution in [1.82, 2.24) is 4.72 Å². The first-order chi connectivity index (χ1) is 7.86. The van der Waals surface area contributed by atoms with Crippen molar-refractivity contribution in [2.45, 2.75) is 11.0 Å². The zero-order valence-electron chi connectivity index (χ0n) is 8.80. The standard InChI is InChI=1S/C9H13BrN2O4S/c10-8-3-7(1-2-9(8)11)17(15,16)12-4-6(14)5-13/h1-3,6,12-14H,4-5,11H2. The van der Waals surface area contributed by atoms with Gasteiger partial charge in [-0.2, -0.15) is 0 Å². The van der Waals surface area contributed by atoms with Crippen molar-refractivity contribution in [3.8, 4) is 0 Å². The Kier molecular flexibility index (Phi) is 4.90. The molecule has 0 aliphatic heterocycles. The first kappa shape index (κ1) is 14.4. The van der Waals surface area contributed by atoms with Gasteiger partial charge < -0.3 is 15.9 Å². The second kappa shape index (κ2) is 5.78. The largest absolute Gasteiger partial charge is 0.398 e. The number of hydrogen-bond acceptors (Lipinski definition) is 5. The number of nitrogen functional groups attached to an aromatic ring is 1. The van der Waals surface area contributed by atoms with Crippen LogP contribution in [0.3, 0.4) is 0 Å². The molecular formula is C9H13BrN2O4S. The van der Waals surface area contributed by atoms with E-state index in [-0.39, 0.29) is 11.4 Å². The molecule has 1 rings (SSSR count). The van der Waals surface area contributed by atoms with Crippen LogP contribution in [0.2, 0.25) is 0 Å². The number of aliphatic hydroxyl groups excluding tert-OH is 2. The van der Waals surface area contributed by atoms with Gasteiger partial charge in [0.1, 0.15) is 0 Å². The Morgan fingerprint density at radius 3 is 2.65 bits per heavy atom. The Morgan fingerprint density at radius 1 is 1.47 bits per heavy atom. The van der Waals surface area contributed by atoms with Crippen molar-refractivity contribution >= 4 is 31.6 Å². The summed E-state index contributed by atoms with van der Waals surface area (Å²) < 4.78 is 26.1. The van der Waals surface area contributed by atoms with E-state index in [0.717, 1.165) is 0 Å². The van der Waals surface area contributed by atoms with E-state index in [4.69, 9.17) is 15.9 Å². The second-order valence-electron chi connectivity index (χ2n) is 3.37. The maximum atomic E-state index is 11.8. The first-order valence-corrected chi connectivity index (χ1v) is 6.98. The monoisotopic (exact) mass is 324 g/mol. The summed E-state index contributed by atoms with van der Waals surface area (Å²) in [5, 5.41) is 17.6. The Hall–Kier alpha value is -0.670. The topological polar surface area (TPSA) is 113 Å². The molecule has 0 aliphatic carbocycles. The van der Waals surface area contributed by atoms with E-state index in [1.165, 1.54) is 18.2 Å². The van der Waals surface area contributed by atoms with Gasteiger partial charge in [-0.3, -0.25) is 0 Å². The molecule has 0 aliphatic rings. The van der Waals surface area contributed by atoms with Crippen molar-refractivity contribution in [2.75, 3.05) is 18.9 Å². The molecule has 0 fully saturated rings. The number of rotatable bonds is 5. The normalized spacial score (nSPS) is 13.6. The molecule has 0 amide bonds. The first-order valence-electron chi connectivity index (χ1n) is 4.70. The highest BCUT2D eigenvalue weighted by Crippen LogP contribution is 2.22. The van der Waals surface area contributed by atoms with Crippen molar-refractivity contribution in [3.63, 3.8) is 0 Å². The number of nitrogens with one attached hydrogen (secondary N) is 1.